The minimum Gasteiger partial charge on any atom is -0.494 e. The summed E-state index contributed by atoms with van der Waals surface area (Å²) in [6.45, 7) is 2.38. The van der Waals surface area contributed by atoms with Crippen molar-refractivity contribution < 1.29 is 18.7 Å². The third-order valence-corrected chi connectivity index (χ3v) is 6.72. The lowest BCUT2D eigenvalue weighted by molar-refractivity contribution is 0.0960. The van der Waals surface area contributed by atoms with Gasteiger partial charge in [0.25, 0.3) is 5.91 Å². The molecule has 3 aromatic carbocycles. The molecule has 0 unspecified atom stereocenters. The van der Waals surface area contributed by atoms with E-state index in [1.165, 1.54) is 11.3 Å². The zero-order valence-corrected chi connectivity index (χ0v) is 19.3. The summed E-state index contributed by atoms with van der Waals surface area (Å²) >= 11 is 1.47. The molecule has 1 amide bonds. The molecular weight excluding hydrogens is 436 g/mol. The fraction of sp³-hybridized carbons (Fsp3) is 0.154. The first-order valence-electron chi connectivity index (χ1n) is 10.5. The van der Waals surface area contributed by atoms with Crippen LogP contribution in [0.5, 0.6) is 11.5 Å². The zero-order valence-electron chi connectivity index (χ0n) is 18.5. The second-order valence-electron chi connectivity index (χ2n) is 7.63. The minimum atomic E-state index is -0.271. The topological polar surface area (TPSA) is 64.8 Å². The van der Waals surface area contributed by atoms with Gasteiger partial charge < -0.3 is 13.9 Å². The van der Waals surface area contributed by atoms with Crippen LogP contribution in [0.4, 0.5) is 5.13 Å². The molecule has 0 radical (unpaired) electrons. The van der Waals surface area contributed by atoms with Gasteiger partial charge in [-0.15, -0.1) is 0 Å². The fourth-order valence-corrected chi connectivity index (χ4v) is 4.86. The van der Waals surface area contributed by atoms with Crippen molar-refractivity contribution in [2.24, 2.45) is 0 Å². The lowest BCUT2D eigenvalue weighted by Crippen LogP contribution is -2.30. The molecule has 0 saturated heterocycles. The Morgan fingerprint density at radius 2 is 1.79 bits per heavy atom. The number of nitrogens with zero attached hydrogens (tertiary/aromatic N) is 2. The lowest BCUT2D eigenvalue weighted by atomic mass is 10.2. The van der Waals surface area contributed by atoms with Crippen molar-refractivity contribution in [3.8, 4) is 11.5 Å². The van der Waals surface area contributed by atoms with E-state index in [0.717, 1.165) is 26.7 Å². The Balaban J connectivity index is 1.63. The van der Waals surface area contributed by atoms with Gasteiger partial charge in [0.05, 0.1) is 25.5 Å². The van der Waals surface area contributed by atoms with Gasteiger partial charge in [0, 0.05) is 5.39 Å². The number of furan rings is 1. The summed E-state index contributed by atoms with van der Waals surface area (Å²) in [7, 11) is 3.20. The van der Waals surface area contributed by atoms with E-state index in [2.05, 4.69) is 0 Å². The summed E-state index contributed by atoms with van der Waals surface area (Å²) in [5.41, 5.74) is 3.36. The Hall–Kier alpha value is -3.84. The number of carbonyl (C=O) groups excluding carboxylic acids is 1. The number of methoxy groups -OCH3 is 2. The number of hydrogen-bond acceptors (Lipinski definition) is 6. The first-order valence-corrected chi connectivity index (χ1v) is 11.3. The van der Waals surface area contributed by atoms with Crippen molar-refractivity contribution in [3.63, 3.8) is 0 Å². The highest BCUT2D eigenvalue weighted by Crippen LogP contribution is 2.38. The van der Waals surface area contributed by atoms with Gasteiger partial charge in [0.1, 0.15) is 11.3 Å². The Labute approximate surface area is 195 Å². The Morgan fingerprint density at radius 3 is 2.55 bits per heavy atom. The van der Waals surface area contributed by atoms with Crippen molar-refractivity contribution in [1.82, 2.24) is 4.98 Å². The fourth-order valence-electron chi connectivity index (χ4n) is 3.81. The molecule has 6 nitrogen and oxygen atoms in total. The second-order valence-corrected chi connectivity index (χ2v) is 8.60. The molecule has 0 fully saturated rings. The van der Waals surface area contributed by atoms with E-state index in [1.54, 1.807) is 25.2 Å². The maximum atomic E-state index is 13.8. The first kappa shape index (κ1) is 21.0. The number of thiazole rings is 1. The van der Waals surface area contributed by atoms with Crippen LogP contribution < -0.4 is 14.4 Å². The molecule has 0 aliphatic heterocycles. The van der Waals surface area contributed by atoms with Crippen LogP contribution in [-0.4, -0.2) is 25.1 Å². The number of fused-ring (bicyclic) bond motifs is 2. The van der Waals surface area contributed by atoms with Crippen LogP contribution >= 0.6 is 11.3 Å². The van der Waals surface area contributed by atoms with Gasteiger partial charge >= 0.3 is 0 Å². The van der Waals surface area contributed by atoms with Gasteiger partial charge in [-0.3, -0.25) is 9.69 Å². The molecule has 2 aromatic heterocycles. The van der Waals surface area contributed by atoms with Gasteiger partial charge in [-0.25, -0.2) is 4.98 Å². The third-order valence-electron chi connectivity index (χ3n) is 5.51. The summed E-state index contributed by atoms with van der Waals surface area (Å²) in [5, 5.41) is 1.39. The predicted molar refractivity (Wildman–Crippen MR) is 131 cm³/mol. The van der Waals surface area contributed by atoms with E-state index in [1.807, 2.05) is 67.6 Å². The zero-order chi connectivity index (χ0) is 22.9. The average Bonchev–Trinajstić information content (AvgIpc) is 3.48. The van der Waals surface area contributed by atoms with Gasteiger partial charge in [-0.05, 0) is 36.2 Å². The molecule has 0 saturated carbocycles. The molecule has 0 aliphatic carbocycles. The smallest absolute Gasteiger partial charge is 0.296 e. The SMILES string of the molecule is COc1ccc(C)c2sc(N(Cc3ccccc3)C(=O)c3cc4cccc(OC)c4o3)nc12. The summed E-state index contributed by atoms with van der Waals surface area (Å²) in [6.07, 6.45) is 0. The minimum absolute atomic E-state index is 0.230. The van der Waals surface area contributed by atoms with Crippen molar-refractivity contribution in [3.05, 3.63) is 83.6 Å². The quantitative estimate of drug-likeness (QED) is 0.302. The lowest BCUT2D eigenvalue weighted by Gasteiger charge is -2.18. The van der Waals surface area contributed by atoms with Crippen LogP contribution in [0.25, 0.3) is 21.2 Å². The highest BCUT2D eigenvalue weighted by Gasteiger charge is 2.26. The van der Waals surface area contributed by atoms with Gasteiger partial charge in [-0.1, -0.05) is 59.9 Å². The van der Waals surface area contributed by atoms with E-state index in [-0.39, 0.29) is 11.7 Å². The van der Waals surface area contributed by atoms with Crippen molar-refractivity contribution in [1.29, 1.82) is 0 Å². The highest BCUT2D eigenvalue weighted by atomic mass is 32.1. The molecule has 0 atom stereocenters. The molecule has 5 rings (SSSR count). The van der Waals surface area contributed by atoms with Crippen molar-refractivity contribution in [2.45, 2.75) is 13.5 Å². The number of ether oxygens (including phenoxy) is 2. The maximum Gasteiger partial charge on any atom is 0.296 e. The largest absolute Gasteiger partial charge is 0.494 e. The Bertz CT molecular complexity index is 1460. The summed E-state index contributed by atoms with van der Waals surface area (Å²) in [5.74, 6) is 1.22. The number of benzene rings is 3. The molecule has 33 heavy (non-hydrogen) atoms. The normalized spacial score (nSPS) is 11.1. The van der Waals surface area contributed by atoms with E-state index < -0.39 is 0 Å². The Morgan fingerprint density at radius 1 is 1.00 bits per heavy atom. The number of para-hydroxylation sites is 1. The summed E-state index contributed by atoms with van der Waals surface area (Å²) in [4.78, 5) is 20.2. The second kappa shape index (κ2) is 8.60. The molecule has 0 bridgehead atoms. The molecule has 0 aliphatic rings. The highest BCUT2D eigenvalue weighted by molar-refractivity contribution is 7.22. The predicted octanol–water partition coefficient (Wildman–Crippen LogP) is 6.22. The van der Waals surface area contributed by atoms with Gasteiger partial charge in [0.2, 0.25) is 0 Å². The van der Waals surface area contributed by atoms with Crippen LogP contribution in [0.3, 0.4) is 0 Å². The van der Waals surface area contributed by atoms with Crippen LogP contribution in [0.1, 0.15) is 21.7 Å². The number of carbonyl (C=O) groups is 1. The molecular formula is C26H22N2O4S. The Kier molecular flexibility index (Phi) is 5.48. The molecule has 166 valence electrons. The van der Waals surface area contributed by atoms with Crippen LogP contribution in [0, 0.1) is 6.92 Å². The van der Waals surface area contributed by atoms with Crippen LogP contribution in [0.15, 0.2) is 71.1 Å². The van der Waals surface area contributed by atoms with Crippen LogP contribution in [-0.2, 0) is 6.54 Å². The molecule has 5 aromatic rings. The monoisotopic (exact) mass is 458 g/mol. The number of rotatable bonds is 6. The van der Waals surface area contributed by atoms with Crippen molar-refractivity contribution >= 4 is 43.6 Å². The van der Waals surface area contributed by atoms with Gasteiger partial charge in [0.15, 0.2) is 22.2 Å². The number of amides is 1. The number of anilines is 1. The van der Waals surface area contributed by atoms with E-state index in [4.69, 9.17) is 18.9 Å². The maximum absolute atomic E-state index is 13.8. The van der Waals surface area contributed by atoms with E-state index in [9.17, 15) is 4.79 Å². The number of hydrogen-bond donors (Lipinski definition) is 0. The number of aryl methyl sites for hydroxylation is 1. The first-order chi connectivity index (χ1) is 16.1. The average molecular weight is 459 g/mol. The molecule has 0 spiro atoms. The van der Waals surface area contributed by atoms with Gasteiger partial charge in [-0.2, -0.15) is 0 Å². The standard InChI is InChI=1S/C26H22N2O4S/c1-16-12-13-19(30-2)22-24(16)33-26(27-22)28(15-17-8-5-4-6-9-17)25(29)21-14-18-10-7-11-20(31-3)23(18)32-21/h4-14H,15H2,1-3H3. The summed E-state index contributed by atoms with van der Waals surface area (Å²) < 4.78 is 17.9. The van der Waals surface area contributed by atoms with Crippen LogP contribution in [0.2, 0.25) is 0 Å². The van der Waals surface area contributed by atoms with E-state index in [0.29, 0.717) is 28.8 Å². The molecule has 2 heterocycles. The third kappa shape index (κ3) is 3.81. The van der Waals surface area contributed by atoms with E-state index >= 15 is 0 Å². The molecule has 7 heteroatoms. The number of aromatic nitrogens is 1. The summed E-state index contributed by atoms with van der Waals surface area (Å²) in [6, 6.07) is 21.1. The molecule has 0 N–H and O–H groups in total. The van der Waals surface area contributed by atoms with Crippen molar-refractivity contribution in [2.75, 3.05) is 19.1 Å².